The van der Waals surface area contributed by atoms with Gasteiger partial charge in [-0.3, -0.25) is 14.8 Å². The predicted octanol–water partition coefficient (Wildman–Crippen LogP) is 3.27. The maximum Gasteiger partial charge on any atom is 0.335 e. The highest BCUT2D eigenvalue weighted by atomic mass is 16.5. The monoisotopic (exact) mass is 401 g/mol. The first-order valence-electron chi connectivity index (χ1n) is 10.3. The molecular formula is C22H31N3O4. The van der Waals surface area contributed by atoms with E-state index < -0.39 is 17.1 Å². The lowest BCUT2D eigenvalue weighted by Gasteiger charge is -2.14. The van der Waals surface area contributed by atoms with E-state index in [1.165, 1.54) is 25.5 Å². The zero-order valence-electron chi connectivity index (χ0n) is 17.3. The van der Waals surface area contributed by atoms with Crippen LogP contribution in [-0.2, 0) is 4.74 Å². The summed E-state index contributed by atoms with van der Waals surface area (Å²) in [5, 5.41) is 10.4. The number of aromatic hydroxyl groups is 1. The zero-order chi connectivity index (χ0) is 21.1. The van der Waals surface area contributed by atoms with E-state index in [9.17, 15) is 14.7 Å². The molecule has 1 aromatic heterocycles. The van der Waals surface area contributed by atoms with Crippen LogP contribution in [0.4, 0.5) is 0 Å². The van der Waals surface area contributed by atoms with Crippen molar-refractivity contribution in [1.82, 2.24) is 9.55 Å². The molecular weight excluding hydrogens is 370 g/mol. The topological polar surface area (TPSA) is 96.7 Å². The van der Waals surface area contributed by atoms with Gasteiger partial charge in [0.25, 0.3) is 5.56 Å². The minimum absolute atomic E-state index is 0.0417. The van der Waals surface area contributed by atoms with Gasteiger partial charge in [0.1, 0.15) is 5.56 Å². The summed E-state index contributed by atoms with van der Waals surface area (Å²) < 4.78 is 6.79. The Labute approximate surface area is 171 Å². The molecule has 0 saturated carbocycles. The van der Waals surface area contributed by atoms with Crippen LogP contribution in [-0.4, -0.2) is 40.6 Å². The number of nitrogens with zero attached hydrogens (tertiary/aromatic N) is 2. The lowest BCUT2D eigenvalue weighted by atomic mass is 10.0. The maximum absolute atomic E-state index is 12.1. The van der Waals surface area contributed by atoms with Crippen molar-refractivity contribution < 1.29 is 9.84 Å². The number of unbranched alkanes of at least 4 members (excludes halogenated alkanes) is 1. The first kappa shape index (κ1) is 22.6. The second kappa shape index (κ2) is 12.0. The third kappa shape index (κ3) is 6.71. The summed E-state index contributed by atoms with van der Waals surface area (Å²) in [5.74, 6) is 0.180. The molecule has 2 rings (SSSR count). The second-order valence-corrected chi connectivity index (χ2v) is 7.05. The molecule has 0 unspecified atom stereocenters. The molecule has 0 amide bonds. The van der Waals surface area contributed by atoms with Crippen LogP contribution in [0.3, 0.4) is 0 Å². The average Bonchev–Trinajstić information content (AvgIpc) is 2.72. The fourth-order valence-electron chi connectivity index (χ4n) is 3.03. The third-order valence-electron chi connectivity index (χ3n) is 4.83. The molecule has 1 atom stereocenters. The van der Waals surface area contributed by atoms with Crippen LogP contribution in [0.15, 0.2) is 44.9 Å². The van der Waals surface area contributed by atoms with Gasteiger partial charge in [0.2, 0.25) is 5.88 Å². The van der Waals surface area contributed by atoms with Gasteiger partial charge < -0.3 is 9.84 Å². The van der Waals surface area contributed by atoms with E-state index in [1.54, 1.807) is 30.3 Å². The Kier molecular flexibility index (Phi) is 9.37. The summed E-state index contributed by atoms with van der Waals surface area (Å²) in [6.07, 6.45) is 6.78. The van der Waals surface area contributed by atoms with E-state index >= 15 is 0 Å². The Bertz CT molecular complexity index is 887. The summed E-state index contributed by atoms with van der Waals surface area (Å²) in [5.41, 5.74) is -0.943. The summed E-state index contributed by atoms with van der Waals surface area (Å²) in [4.78, 5) is 30.6. The van der Waals surface area contributed by atoms with Crippen molar-refractivity contribution in [3.8, 4) is 11.6 Å². The molecule has 1 heterocycles. The van der Waals surface area contributed by atoms with Crippen molar-refractivity contribution in [3.63, 3.8) is 0 Å². The second-order valence-electron chi connectivity index (χ2n) is 7.05. The minimum atomic E-state index is -0.696. The molecule has 1 aromatic carbocycles. The Hall–Kier alpha value is -2.67. The number of rotatable bonds is 12. The number of aromatic amines is 1. The third-order valence-corrected chi connectivity index (χ3v) is 4.83. The number of hydrogen-bond donors (Lipinski definition) is 2. The van der Waals surface area contributed by atoms with Crippen LogP contribution in [0.1, 0.15) is 51.5 Å². The molecule has 0 aliphatic rings. The Balaban J connectivity index is 1.93. The smallest absolute Gasteiger partial charge is 0.335 e. The van der Waals surface area contributed by atoms with Gasteiger partial charge in [-0.1, -0.05) is 51.3 Å². The molecule has 0 bridgehead atoms. The molecule has 7 nitrogen and oxygen atoms in total. The van der Waals surface area contributed by atoms with Crippen molar-refractivity contribution in [2.24, 2.45) is 10.9 Å². The Morgan fingerprint density at radius 2 is 1.97 bits per heavy atom. The van der Waals surface area contributed by atoms with Crippen LogP contribution in [0, 0.1) is 5.92 Å². The fourth-order valence-corrected chi connectivity index (χ4v) is 3.03. The SMILES string of the molecule is CCCC[C@@H](CC)COCCCN=Cc1c(O)n(-c2ccccc2)c(=O)[nH]c1=O. The van der Waals surface area contributed by atoms with E-state index in [0.29, 0.717) is 24.8 Å². The van der Waals surface area contributed by atoms with Gasteiger partial charge >= 0.3 is 5.69 Å². The molecule has 0 saturated heterocycles. The van der Waals surface area contributed by atoms with Gasteiger partial charge in [0.15, 0.2) is 0 Å². The molecule has 2 N–H and O–H groups in total. The van der Waals surface area contributed by atoms with Crippen LogP contribution >= 0.6 is 0 Å². The number of benzene rings is 1. The van der Waals surface area contributed by atoms with E-state index in [-0.39, 0.29) is 5.56 Å². The molecule has 0 radical (unpaired) electrons. The number of nitrogens with one attached hydrogen (secondary N) is 1. The van der Waals surface area contributed by atoms with Crippen molar-refractivity contribution >= 4 is 6.21 Å². The number of ether oxygens (including phenoxy) is 1. The number of para-hydroxylation sites is 1. The van der Waals surface area contributed by atoms with Crippen molar-refractivity contribution in [2.75, 3.05) is 19.8 Å². The van der Waals surface area contributed by atoms with Gasteiger partial charge in [-0.15, -0.1) is 0 Å². The molecule has 2 aromatic rings. The van der Waals surface area contributed by atoms with Crippen LogP contribution in [0.5, 0.6) is 5.88 Å². The summed E-state index contributed by atoms with van der Waals surface area (Å²) in [7, 11) is 0. The average molecular weight is 402 g/mol. The first-order valence-corrected chi connectivity index (χ1v) is 10.3. The fraction of sp³-hybridized carbons (Fsp3) is 0.500. The summed E-state index contributed by atoms with van der Waals surface area (Å²) in [6, 6.07) is 8.62. The van der Waals surface area contributed by atoms with E-state index in [0.717, 1.165) is 24.0 Å². The molecule has 0 spiro atoms. The van der Waals surface area contributed by atoms with Crippen LogP contribution in [0.2, 0.25) is 0 Å². The Morgan fingerprint density at radius 3 is 2.66 bits per heavy atom. The number of hydrogen-bond acceptors (Lipinski definition) is 5. The molecule has 0 aliphatic heterocycles. The quantitative estimate of drug-likeness (QED) is 0.421. The van der Waals surface area contributed by atoms with E-state index in [4.69, 9.17) is 4.74 Å². The van der Waals surface area contributed by atoms with Gasteiger partial charge in [-0.2, -0.15) is 0 Å². The van der Waals surface area contributed by atoms with E-state index in [2.05, 4.69) is 23.8 Å². The highest BCUT2D eigenvalue weighted by Crippen LogP contribution is 2.15. The normalized spacial score (nSPS) is 12.5. The van der Waals surface area contributed by atoms with Crippen molar-refractivity contribution in [2.45, 2.75) is 46.0 Å². The Morgan fingerprint density at radius 1 is 1.21 bits per heavy atom. The summed E-state index contributed by atoms with van der Waals surface area (Å²) in [6.45, 7) is 6.22. The first-order chi connectivity index (χ1) is 14.1. The zero-order valence-corrected chi connectivity index (χ0v) is 17.3. The molecule has 7 heteroatoms. The minimum Gasteiger partial charge on any atom is -0.493 e. The largest absolute Gasteiger partial charge is 0.493 e. The highest BCUT2D eigenvalue weighted by molar-refractivity contribution is 5.82. The number of H-pyrrole nitrogens is 1. The number of aromatic nitrogens is 2. The maximum atomic E-state index is 12.1. The molecule has 29 heavy (non-hydrogen) atoms. The van der Waals surface area contributed by atoms with Gasteiger partial charge in [0, 0.05) is 26.0 Å². The van der Waals surface area contributed by atoms with Crippen LogP contribution in [0.25, 0.3) is 5.69 Å². The molecule has 0 fully saturated rings. The predicted molar refractivity (Wildman–Crippen MR) is 116 cm³/mol. The van der Waals surface area contributed by atoms with Gasteiger partial charge in [-0.25, -0.2) is 9.36 Å². The summed E-state index contributed by atoms with van der Waals surface area (Å²) >= 11 is 0. The lowest BCUT2D eigenvalue weighted by molar-refractivity contribution is 0.0933. The highest BCUT2D eigenvalue weighted by Gasteiger charge is 2.13. The number of aliphatic imine (C=N–C) groups is 1. The van der Waals surface area contributed by atoms with Crippen molar-refractivity contribution in [1.29, 1.82) is 0 Å². The van der Waals surface area contributed by atoms with Gasteiger partial charge in [0.05, 0.1) is 5.69 Å². The van der Waals surface area contributed by atoms with E-state index in [1.807, 2.05) is 0 Å². The molecule has 0 aliphatic carbocycles. The lowest BCUT2D eigenvalue weighted by Crippen LogP contribution is -2.31. The molecule has 158 valence electrons. The van der Waals surface area contributed by atoms with Crippen molar-refractivity contribution in [3.05, 3.63) is 56.7 Å². The van der Waals surface area contributed by atoms with Gasteiger partial charge in [-0.05, 0) is 30.9 Å². The van der Waals surface area contributed by atoms with Crippen LogP contribution < -0.4 is 11.2 Å². The standard InChI is InChI=1S/C22H31N3O4/c1-3-5-10-17(4-2)16-29-14-9-13-23-15-19-20(26)24-22(28)25(21(19)27)18-11-7-6-8-12-18/h6-8,11-12,15,17,27H,3-5,9-10,13-14,16H2,1-2H3,(H,24,26,28)/t17-/m1/s1.